The molecule has 5 heteroatoms. The van der Waals surface area contributed by atoms with Crippen molar-refractivity contribution in [1.29, 1.82) is 0 Å². The molecule has 0 bridgehead atoms. The standard InChI is InChI=1S/C13H15BrF3N/c14-11-6-4-10(5-7-11)12(13(15,16)17)8-2-1-3-9-18-12/h4-7,18H,1-3,8-9H2/t12-/m0/s1. The van der Waals surface area contributed by atoms with E-state index < -0.39 is 11.7 Å². The highest BCUT2D eigenvalue weighted by Crippen LogP contribution is 2.44. The molecule has 1 fully saturated rings. The van der Waals surface area contributed by atoms with Gasteiger partial charge in [0.1, 0.15) is 5.54 Å². The Morgan fingerprint density at radius 2 is 1.72 bits per heavy atom. The maximum atomic E-state index is 13.5. The molecule has 100 valence electrons. The number of nitrogens with one attached hydrogen (secondary N) is 1. The fourth-order valence-corrected chi connectivity index (χ4v) is 2.73. The highest BCUT2D eigenvalue weighted by molar-refractivity contribution is 9.10. The van der Waals surface area contributed by atoms with Gasteiger partial charge in [0.05, 0.1) is 0 Å². The average molecular weight is 322 g/mol. The normalized spacial score (nSPS) is 25.8. The monoisotopic (exact) mass is 321 g/mol. The fraction of sp³-hybridized carbons (Fsp3) is 0.538. The van der Waals surface area contributed by atoms with Gasteiger partial charge in [-0.1, -0.05) is 40.9 Å². The van der Waals surface area contributed by atoms with Crippen molar-refractivity contribution in [2.24, 2.45) is 0 Å². The lowest BCUT2D eigenvalue weighted by Gasteiger charge is -2.36. The summed E-state index contributed by atoms with van der Waals surface area (Å²) < 4.78 is 41.3. The Labute approximate surface area is 113 Å². The van der Waals surface area contributed by atoms with E-state index in [1.54, 1.807) is 24.3 Å². The Hall–Kier alpha value is -0.550. The van der Waals surface area contributed by atoms with Gasteiger partial charge < -0.3 is 0 Å². The molecule has 1 aromatic carbocycles. The molecule has 0 unspecified atom stereocenters. The minimum atomic E-state index is -4.27. The molecule has 1 aliphatic rings. The summed E-state index contributed by atoms with van der Waals surface area (Å²) in [6, 6.07) is 6.43. The molecule has 1 N–H and O–H groups in total. The first kappa shape index (κ1) is 13.9. The third kappa shape index (κ3) is 2.57. The Morgan fingerprint density at radius 1 is 1.06 bits per heavy atom. The Balaban J connectivity index is 2.44. The van der Waals surface area contributed by atoms with Gasteiger partial charge in [-0.25, -0.2) is 0 Å². The summed E-state index contributed by atoms with van der Waals surface area (Å²) in [7, 11) is 0. The molecule has 1 atom stereocenters. The Morgan fingerprint density at radius 3 is 2.33 bits per heavy atom. The van der Waals surface area contributed by atoms with Crippen molar-refractivity contribution in [1.82, 2.24) is 5.32 Å². The highest BCUT2D eigenvalue weighted by Gasteiger charge is 2.55. The second-order valence-corrected chi connectivity index (χ2v) is 5.56. The molecule has 0 radical (unpaired) electrons. The second-order valence-electron chi connectivity index (χ2n) is 4.65. The van der Waals surface area contributed by atoms with Crippen LogP contribution in [0.3, 0.4) is 0 Å². The molecule has 0 aliphatic carbocycles. The quantitative estimate of drug-likeness (QED) is 0.809. The van der Waals surface area contributed by atoms with Crippen molar-refractivity contribution in [2.45, 2.75) is 37.4 Å². The lowest BCUT2D eigenvalue weighted by Crippen LogP contribution is -2.53. The molecule has 0 saturated carbocycles. The van der Waals surface area contributed by atoms with E-state index in [0.29, 0.717) is 18.5 Å². The van der Waals surface area contributed by atoms with Gasteiger partial charge in [0.25, 0.3) is 0 Å². The summed E-state index contributed by atoms with van der Waals surface area (Å²) >= 11 is 3.25. The van der Waals surface area contributed by atoms with Gasteiger partial charge in [-0.3, -0.25) is 5.32 Å². The van der Waals surface area contributed by atoms with Crippen LogP contribution in [0.4, 0.5) is 13.2 Å². The molecule has 1 aliphatic heterocycles. The van der Waals surface area contributed by atoms with Crippen LogP contribution >= 0.6 is 15.9 Å². The van der Waals surface area contributed by atoms with Crippen molar-refractivity contribution in [3.63, 3.8) is 0 Å². The molecule has 0 spiro atoms. The van der Waals surface area contributed by atoms with E-state index in [1.165, 1.54) is 0 Å². The predicted octanol–water partition coefficient (Wildman–Crippen LogP) is 4.37. The lowest BCUT2D eigenvalue weighted by atomic mass is 9.85. The third-order valence-electron chi connectivity index (χ3n) is 3.48. The number of benzene rings is 1. The van der Waals surface area contributed by atoms with Crippen LogP contribution in [-0.2, 0) is 5.54 Å². The minimum absolute atomic E-state index is 0.109. The maximum Gasteiger partial charge on any atom is 0.410 e. The fourth-order valence-electron chi connectivity index (χ4n) is 2.47. The molecule has 0 amide bonds. The van der Waals surface area contributed by atoms with E-state index in [1.807, 2.05) is 0 Å². The van der Waals surface area contributed by atoms with Gasteiger partial charge in [0.2, 0.25) is 0 Å². The van der Waals surface area contributed by atoms with Gasteiger partial charge in [0.15, 0.2) is 0 Å². The van der Waals surface area contributed by atoms with Crippen LogP contribution in [0.5, 0.6) is 0 Å². The van der Waals surface area contributed by atoms with Crippen LogP contribution < -0.4 is 5.32 Å². The molecule has 1 aromatic rings. The SMILES string of the molecule is FC(F)(F)[C@@]1(c2ccc(Br)cc2)CCCCCN1. The van der Waals surface area contributed by atoms with Gasteiger partial charge in [-0.2, -0.15) is 13.2 Å². The number of rotatable bonds is 1. The largest absolute Gasteiger partial charge is 0.410 e. The zero-order valence-corrected chi connectivity index (χ0v) is 11.4. The number of hydrogen-bond acceptors (Lipinski definition) is 1. The summed E-state index contributed by atoms with van der Waals surface area (Å²) in [4.78, 5) is 0. The van der Waals surface area contributed by atoms with Crippen LogP contribution in [0.25, 0.3) is 0 Å². The summed E-state index contributed by atoms with van der Waals surface area (Å²) in [6.07, 6.45) is -1.92. The number of halogens is 4. The first-order valence-electron chi connectivity index (χ1n) is 6.03. The molecular formula is C13H15BrF3N. The highest BCUT2D eigenvalue weighted by atomic mass is 79.9. The first-order chi connectivity index (χ1) is 8.46. The van der Waals surface area contributed by atoms with E-state index in [0.717, 1.165) is 17.3 Å². The average Bonchev–Trinajstić information content (AvgIpc) is 2.55. The second kappa shape index (κ2) is 5.21. The molecule has 1 nitrogen and oxygen atoms in total. The molecule has 2 rings (SSSR count). The number of alkyl halides is 3. The van der Waals surface area contributed by atoms with Crippen LogP contribution in [-0.4, -0.2) is 12.7 Å². The van der Waals surface area contributed by atoms with Crippen molar-refractivity contribution in [3.05, 3.63) is 34.3 Å². The van der Waals surface area contributed by atoms with Crippen molar-refractivity contribution >= 4 is 15.9 Å². The summed E-state index contributed by atoms with van der Waals surface area (Å²) in [5.74, 6) is 0. The zero-order chi connectivity index (χ0) is 13.2. The van der Waals surface area contributed by atoms with Crippen LogP contribution in [0.1, 0.15) is 31.2 Å². The van der Waals surface area contributed by atoms with E-state index in [-0.39, 0.29) is 6.42 Å². The van der Waals surface area contributed by atoms with Crippen LogP contribution in [0.2, 0.25) is 0 Å². The van der Waals surface area contributed by atoms with E-state index >= 15 is 0 Å². The maximum absolute atomic E-state index is 13.5. The third-order valence-corrected chi connectivity index (χ3v) is 4.00. The van der Waals surface area contributed by atoms with Crippen molar-refractivity contribution in [2.75, 3.05) is 6.54 Å². The zero-order valence-electron chi connectivity index (χ0n) is 9.86. The minimum Gasteiger partial charge on any atom is -0.300 e. The Bertz CT molecular complexity index is 392. The van der Waals surface area contributed by atoms with Crippen molar-refractivity contribution < 1.29 is 13.2 Å². The first-order valence-corrected chi connectivity index (χ1v) is 6.83. The van der Waals surface area contributed by atoms with Crippen LogP contribution in [0, 0.1) is 0 Å². The van der Waals surface area contributed by atoms with Crippen LogP contribution in [0.15, 0.2) is 28.7 Å². The van der Waals surface area contributed by atoms with Gasteiger partial charge in [-0.15, -0.1) is 0 Å². The predicted molar refractivity (Wildman–Crippen MR) is 68.3 cm³/mol. The number of hydrogen-bond donors (Lipinski definition) is 1. The molecular weight excluding hydrogens is 307 g/mol. The van der Waals surface area contributed by atoms with Gasteiger partial charge >= 0.3 is 6.18 Å². The molecule has 1 saturated heterocycles. The Kier molecular flexibility index (Phi) is 4.02. The van der Waals surface area contributed by atoms with Gasteiger partial charge in [0, 0.05) is 4.47 Å². The van der Waals surface area contributed by atoms with E-state index in [4.69, 9.17) is 0 Å². The molecule has 0 aromatic heterocycles. The summed E-state index contributed by atoms with van der Waals surface area (Å²) in [5.41, 5.74) is -1.58. The molecule has 18 heavy (non-hydrogen) atoms. The summed E-state index contributed by atoms with van der Waals surface area (Å²) in [5, 5.41) is 2.73. The lowest BCUT2D eigenvalue weighted by molar-refractivity contribution is -0.202. The van der Waals surface area contributed by atoms with Crippen molar-refractivity contribution in [3.8, 4) is 0 Å². The summed E-state index contributed by atoms with van der Waals surface area (Å²) in [6.45, 7) is 0.412. The molecule has 1 heterocycles. The smallest absolute Gasteiger partial charge is 0.300 e. The topological polar surface area (TPSA) is 12.0 Å². The van der Waals surface area contributed by atoms with E-state index in [2.05, 4.69) is 21.2 Å². The van der Waals surface area contributed by atoms with Gasteiger partial charge in [-0.05, 0) is 37.1 Å². The van der Waals surface area contributed by atoms with E-state index in [9.17, 15) is 13.2 Å².